The predicted octanol–water partition coefficient (Wildman–Crippen LogP) is 2.63. The number of aliphatic hydroxyl groups excluding tert-OH is 1. The van der Waals surface area contributed by atoms with Crippen molar-refractivity contribution < 1.29 is 5.11 Å². The molecule has 1 unspecified atom stereocenters. The summed E-state index contributed by atoms with van der Waals surface area (Å²) in [5.74, 6) is 0. The van der Waals surface area contributed by atoms with Crippen LogP contribution in [-0.4, -0.2) is 14.7 Å². The first kappa shape index (κ1) is 10.3. The Morgan fingerprint density at radius 3 is 3.00 bits per heavy atom. The molecule has 0 radical (unpaired) electrons. The Balaban J connectivity index is 2.70. The number of rotatable bonds is 2. The summed E-state index contributed by atoms with van der Waals surface area (Å²) in [5.41, 5.74) is 3.21. The summed E-state index contributed by atoms with van der Waals surface area (Å²) in [6.45, 7) is 2.10. The van der Waals surface area contributed by atoms with Gasteiger partial charge < -0.3 is 5.11 Å². The maximum absolute atomic E-state index is 9.15. The first-order chi connectivity index (χ1) is 6.76. The van der Waals surface area contributed by atoms with E-state index >= 15 is 0 Å². The SMILES string of the molecule is Cc1cc2cnn(PI)c2cc1CO. The van der Waals surface area contributed by atoms with E-state index in [9.17, 15) is 0 Å². The molecule has 1 aromatic heterocycles. The van der Waals surface area contributed by atoms with Gasteiger partial charge in [-0.3, -0.25) is 0 Å². The number of fused-ring (bicyclic) bond motifs is 1. The largest absolute Gasteiger partial charge is 0.392 e. The minimum absolute atomic E-state index is 0.0946. The number of hydrogen-bond donors (Lipinski definition) is 1. The van der Waals surface area contributed by atoms with Crippen LogP contribution in [-0.2, 0) is 6.61 Å². The van der Waals surface area contributed by atoms with Gasteiger partial charge in [0.25, 0.3) is 0 Å². The highest BCUT2D eigenvalue weighted by atomic mass is 127. The predicted molar refractivity (Wildman–Crippen MR) is 68.1 cm³/mol. The second-order valence-electron chi connectivity index (χ2n) is 3.14. The van der Waals surface area contributed by atoms with Crippen molar-refractivity contribution in [1.29, 1.82) is 0 Å². The highest BCUT2D eigenvalue weighted by molar-refractivity contribution is 14.2. The molecule has 1 heterocycles. The molecular weight excluding hydrogens is 310 g/mol. The molecule has 0 fully saturated rings. The fraction of sp³-hybridized carbons (Fsp3) is 0.222. The van der Waals surface area contributed by atoms with Gasteiger partial charge >= 0.3 is 0 Å². The summed E-state index contributed by atoms with van der Waals surface area (Å²) in [5, 5.41) is 14.6. The average molecular weight is 320 g/mol. The van der Waals surface area contributed by atoms with E-state index in [2.05, 4.69) is 33.2 Å². The number of aromatic nitrogens is 2. The van der Waals surface area contributed by atoms with Gasteiger partial charge in [0.15, 0.2) is 0 Å². The molecule has 2 rings (SSSR count). The van der Waals surface area contributed by atoms with Gasteiger partial charge in [-0.2, -0.15) is 5.10 Å². The Morgan fingerprint density at radius 1 is 1.57 bits per heavy atom. The highest BCUT2D eigenvalue weighted by Crippen LogP contribution is 2.29. The van der Waals surface area contributed by atoms with Crippen molar-refractivity contribution in [3.05, 3.63) is 29.5 Å². The van der Waals surface area contributed by atoms with Crippen molar-refractivity contribution >= 4 is 39.3 Å². The standard InChI is InChI=1S/C9H10IN2OP/c1-6-2-7-4-11-12(14-10)9(7)3-8(6)5-13/h2-4,13-14H,5H2,1H3. The molecule has 5 heteroatoms. The monoisotopic (exact) mass is 320 g/mol. The number of benzene rings is 1. The van der Waals surface area contributed by atoms with Crippen molar-refractivity contribution in [3.8, 4) is 0 Å². The Labute approximate surface area is 96.8 Å². The molecule has 2 aromatic rings. The lowest BCUT2D eigenvalue weighted by Gasteiger charge is -2.03. The second kappa shape index (κ2) is 4.13. The van der Waals surface area contributed by atoms with E-state index < -0.39 is 0 Å². The molecule has 1 N–H and O–H groups in total. The first-order valence-corrected chi connectivity index (χ1v) is 8.27. The second-order valence-corrected chi connectivity index (χ2v) is 5.18. The Hall–Kier alpha value is -0.190. The van der Waals surface area contributed by atoms with Crippen LogP contribution in [0.5, 0.6) is 0 Å². The van der Waals surface area contributed by atoms with Crippen molar-refractivity contribution in [2.24, 2.45) is 0 Å². The number of aliphatic hydroxyl groups is 1. The number of aryl methyl sites for hydroxylation is 1. The van der Waals surface area contributed by atoms with Crippen molar-refractivity contribution in [1.82, 2.24) is 9.55 Å². The lowest BCUT2D eigenvalue weighted by atomic mass is 10.1. The quantitative estimate of drug-likeness (QED) is 0.682. The van der Waals surface area contributed by atoms with Crippen LogP contribution in [0.15, 0.2) is 18.3 Å². The third-order valence-electron chi connectivity index (χ3n) is 2.28. The van der Waals surface area contributed by atoms with Crippen molar-refractivity contribution in [3.63, 3.8) is 0 Å². The third-order valence-corrected chi connectivity index (χ3v) is 4.16. The van der Waals surface area contributed by atoms with Gasteiger partial charge in [-0.15, -0.1) is 0 Å². The molecule has 3 nitrogen and oxygen atoms in total. The fourth-order valence-corrected chi connectivity index (χ4v) is 3.01. The fourth-order valence-electron chi connectivity index (χ4n) is 1.47. The lowest BCUT2D eigenvalue weighted by molar-refractivity contribution is 0.281. The van der Waals surface area contributed by atoms with E-state index in [-0.39, 0.29) is 6.61 Å². The summed E-state index contributed by atoms with van der Waals surface area (Å²) in [4.78, 5) is 0. The van der Waals surface area contributed by atoms with Crippen LogP contribution in [0.4, 0.5) is 0 Å². The topological polar surface area (TPSA) is 38.0 Å². The van der Waals surface area contributed by atoms with E-state index in [1.807, 2.05) is 23.6 Å². The van der Waals surface area contributed by atoms with Crippen LogP contribution >= 0.6 is 28.4 Å². The number of halogens is 1. The zero-order valence-electron chi connectivity index (χ0n) is 7.66. The third kappa shape index (κ3) is 1.66. The van der Waals surface area contributed by atoms with Gasteiger partial charge in [0, 0.05) is 5.39 Å². The highest BCUT2D eigenvalue weighted by Gasteiger charge is 2.05. The molecular formula is C9H10IN2OP. The molecule has 74 valence electrons. The lowest BCUT2D eigenvalue weighted by Crippen LogP contribution is -1.90. The molecule has 0 aliphatic rings. The molecule has 0 saturated heterocycles. The van der Waals surface area contributed by atoms with Gasteiger partial charge in [-0.05, 0) is 52.2 Å². The molecule has 1 atom stereocenters. The van der Waals surface area contributed by atoms with Crippen LogP contribution in [0.2, 0.25) is 0 Å². The minimum Gasteiger partial charge on any atom is -0.392 e. The van der Waals surface area contributed by atoms with Gasteiger partial charge in [-0.25, -0.2) is 4.45 Å². The number of hydrogen-bond acceptors (Lipinski definition) is 2. The zero-order valence-corrected chi connectivity index (χ0v) is 10.8. The smallest absolute Gasteiger partial charge is 0.0733 e. The molecule has 14 heavy (non-hydrogen) atoms. The Morgan fingerprint density at radius 2 is 2.36 bits per heavy atom. The summed E-state index contributed by atoms with van der Waals surface area (Å²) in [7, 11) is 0. The Bertz CT molecular complexity index is 469. The van der Waals surface area contributed by atoms with E-state index in [0.717, 1.165) is 22.0 Å². The summed E-state index contributed by atoms with van der Waals surface area (Å²) < 4.78 is 1.95. The normalized spacial score (nSPS) is 11.9. The van der Waals surface area contributed by atoms with Crippen LogP contribution in [0.3, 0.4) is 0 Å². The van der Waals surface area contributed by atoms with Gasteiger partial charge in [0.05, 0.1) is 24.7 Å². The summed E-state index contributed by atoms with van der Waals surface area (Å²) in [6, 6.07) is 4.09. The van der Waals surface area contributed by atoms with E-state index in [1.54, 1.807) is 0 Å². The van der Waals surface area contributed by atoms with Crippen LogP contribution in [0.25, 0.3) is 10.9 Å². The number of nitrogens with zero attached hydrogens (tertiary/aromatic N) is 2. The van der Waals surface area contributed by atoms with Gasteiger partial charge in [0.1, 0.15) is 0 Å². The van der Waals surface area contributed by atoms with E-state index in [0.29, 0.717) is 6.37 Å². The van der Waals surface area contributed by atoms with Crippen LogP contribution in [0, 0.1) is 6.92 Å². The Kier molecular flexibility index (Phi) is 3.04. The van der Waals surface area contributed by atoms with Crippen molar-refractivity contribution in [2.75, 3.05) is 0 Å². The molecule has 0 amide bonds. The molecule has 0 aliphatic carbocycles. The first-order valence-electron chi connectivity index (χ1n) is 4.21. The minimum atomic E-state index is 0.0946. The molecule has 1 aromatic carbocycles. The molecule has 0 aliphatic heterocycles. The average Bonchev–Trinajstić information content (AvgIpc) is 2.58. The maximum atomic E-state index is 9.15. The zero-order chi connectivity index (χ0) is 10.1. The van der Waals surface area contributed by atoms with Crippen LogP contribution in [0.1, 0.15) is 11.1 Å². The molecule has 0 saturated carbocycles. The van der Waals surface area contributed by atoms with Crippen molar-refractivity contribution in [2.45, 2.75) is 13.5 Å². The van der Waals surface area contributed by atoms with E-state index in [4.69, 9.17) is 5.11 Å². The maximum Gasteiger partial charge on any atom is 0.0733 e. The van der Waals surface area contributed by atoms with Crippen LogP contribution < -0.4 is 0 Å². The summed E-state index contributed by atoms with van der Waals surface area (Å²) in [6.07, 6.45) is 2.47. The molecule has 0 spiro atoms. The molecule has 0 bridgehead atoms. The van der Waals surface area contributed by atoms with E-state index in [1.165, 1.54) is 0 Å². The van der Waals surface area contributed by atoms with Gasteiger partial charge in [0.2, 0.25) is 0 Å². The summed E-state index contributed by atoms with van der Waals surface area (Å²) >= 11 is 2.30. The van der Waals surface area contributed by atoms with Gasteiger partial charge in [-0.1, -0.05) is 0 Å².